The van der Waals surface area contributed by atoms with Crippen LogP contribution in [0.3, 0.4) is 0 Å². The molecular weight excluding hydrogens is 274 g/mol. The van der Waals surface area contributed by atoms with Gasteiger partial charge in [-0.1, -0.05) is 30.3 Å². The summed E-state index contributed by atoms with van der Waals surface area (Å²) in [5.74, 6) is 0.528. The van der Waals surface area contributed by atoms with Crippen molar-refractivity contribution in [2.75, 3.05) is 6.26 Å². The summed E-state index contributed by atoms with van der Waals surface area (Å²) < 4.78 is 28.6. The number of nitrogens with two attached hydrogens (primary N) is 1. The maximum atomic E-state index is 11.5. The van der Waals surface area contributed by atoms with E-state index in [2.05, 4.69) is 0 Å². The SMILES string of the molecule is CS(=O)(=O)c1cccc(OCc2ccccc2CN)c1. The van der Waals surface area contributed by atoms with E-state index >= 15 is 0 Å². The minimum absolute atomic E-state index is 0.252. The van der Waals surface area contributed by atoms with Crippen LogP contribution in [-0.2, 0) is 23.0 Å². The fraction of sp³-hybridized carbons (Fsp3) is 0.200. The van der Waals surface area contributed by atoms with Crippen LogP contribution in [0.25, 0.3) is 0 Å². The van der Waals surface area contributed by atoms with Gasteiger partial charge in [0.15, 0.2) is 9.84 Å². The van der Waals surface area contributed by atoms with Gasteiger partial charge in [-0.15, -0.1) is 0 Å². The van der Waals surface area contributed by atoms with Gasteiger partial charge in [0, 0.05) is 12.8 Å². The zero-order valence-corrected chi connectivity index (χ0v) is 12.1. The highest BCUT2D eigenvalue weighted by atomic mass is 32.2. The third-order valence-electron chi connectivity index (χ3n) is 2.97. The van der Waals surface area contributed by atoms with Crippen molar-refractivity contribution in [3.63, 3.8) is 0 Å². The lowest BCUT2D eigenvalue weighted by atomic mass is 10.1. The molecule has 5 heteroatoms. The van der Waals surface area contributed by atoms with E-state index in [9.17, 15) is 8.42 Å². The highest BCUT2D eigenvalue weighted by molar-refractivity contribution is 7.90. The summed E-state index contributed by atoms with van der Waals surface area (Å²) in [7, 11) is -3.22. The second-order valence-electron chi connectivity index (χ2n) is 4.51. The minimum Gasteiger partial charge on any atom is -0.489 e. The molecule has 106 valence electrons. The molecule has 0 saturated heterocycles. The first-order valence-corrected chi connectivity index (χ1v) is 8.09. The van der Waals surface area contributed by atoms with Crippen molar-refractivity contribution in [3.8, 4) is 5.75 Å². The lowest BCUT2D eigenvalue weighted by Crippen LogP contribution is -2.05. The normalized spacial score (nSPS) is 11.3. The average molecular weight is 291 g/mol. The van der Waals surface area contributed by atoms with Gasteiger partial charge in [0.1, 0.15) is 12.4 Å². The van der Waals surface area contributed by atoms with Crippen LogP contribution in [0.4, 0.5) is 0 Å². The Morgan fingerprint density at radius 3 is 2.40 bits per heavy atom. The van der Waals surface area contributed by atoms with Crippen molar-refractivity contribution in [2.24, 2.45) is 5.73 Å². The van der Waals surface area contributed by atoms with E-state index in [1.54, 1.807) is 18.2 Å². The monoisotopic (exact) mass is 291 g/mol. The molecule has 2 aromatic carbocycles. The van der Waals surface area contributed by atoms with Crippen molar-refractivity contribution in [2.45, 2.75) is 18.0 Å². The van der Waals surface area contributed by atoms with E-state index < -0.39 is 9.84 Å². The van der Waals surface area contributed by atoms with Gasteiger partial charge in [0.25, 0.3) is 0 Å². The largest absolute Gasteiger partial charge is 0.489 e. The molecule has 0 aliphatic rings. The van der Waals surface area contributed by atoms with Gasteiger partial charge in [-0.25, -0.2) is 8.42 Å². The summed E-state index contributed by atoms with van der Waals surface area (Å²) in [6.07, 6.45) is 1.18. The van der Waals surface area contributed by atoms with Gasteiger partial charge in [-0.3, -0.25) is 0 Å². The third-order valence-corrected chi connectivity index (χ3v) is 4.08. The van der Waals surface area contributed by atoms with Gasteiger partial charge in [-0.2, -0.15) is 0 Å². The minimum atomic E-state index is -3.22. The summed E-state index contributed by atoms with van der Waals surface area (Å²) >= 11 is 0. The van der Waals surface area contributed by atoms with Crippen molar-refractivity contribution < 1.29 is 13.2 Å². The molecular formula is C15H17NO3S. The first kappa shape index (κ1) is 14.6. The zero-order valence-electron chi connectivity index (χ0n) is 11.2. The number of ether oxygens (including phenoxy) is 1. The number of rotatable bonds is 5. The quantitative estimate of drug-likeness (QED) is 0.916. The molecule has 0 spiro atoms. The van der Waals surface area contributed by atoms with Crippen LogP contribution in [0.15, 0.2) is 53.4 Å². The first-order valence-electron chi connectivity index (χ1n) is 6.20. The third kappa shape index (κ3) is 3.59. The average Bonchev–Trinajstić information content (AvgIpc) is 2.45. The Labute approximate surface area is 119 Å². The maximum absolute atomic E-state index is 11.5. The topological polar surface area (TPSA) is 69.4 Å². The number of benzene rings is 2. The van der Waals surface area contributed by atoms with Crippen LogP contribution in [-0.4, -0.2) is 14.7 Å². The van der Waals surface area contributed by atoms with Crippen LogP contribution in [0.1, 0.15) is 11.1 Å². The second-order valence-corrected chi connectivity index (χ2v) is 6.52. The van der Waals surface area contributed by atoms with Crippen LogP contribution in [0.5, 0.6) is 5.75 Å². The van der Waals surface area contributed by atoms with E-state index in [1.807, 2.05) is 24.3 Å². The fourth-order valence-corrected chi connectivity index (χ4v) is 2.51. The van der Waals surface area contributed by atoms with Gasteiger partial charge in [0.05, 0.1) is 4.90 Å². The Morgan fingerprint density at radius 1 is 1.05 bits per heavy atom. The molecule has 0 atom stereocenters. The molecule has 0 aliphatic heterocycles. The molecule has 0 heterocycles. The summed E-state index contributed by atoms with van der Waals surface area (Å²) in [6.45, 7) is 0.809. The van der Waals surface area contributed by atoms with E-state index in [-0.39, 0.29) is 4.90 Å². The Bertz CT molecular complexity index is 696. The molecule has 4 nitrogen and oxygen atoms in total. The van der Waals surface area contributed by atoms with Crippen LogP contribution >= 0.6 is 0 Å². The molecule has 2 N–H and O–H groups in total. The van der Waals surface area contributed by atoms with E-state index in [4.69, 9.17) is 10.5 Å². The Balaban J connectivity index is 2.15. The molecule has 0 aromatic heterocycles. The van der Waals surface area contributed by atoms with Crippen molar-refractivity contribution in [1.82, 2.24) is 0 Å². The summed E-state index contributed by atoms with van der Waals surface area (Å²) in [4.78, 5) is 0.252. The van der Waals surface area contributed by atoms with Crippen LogP contribution in [0.2, 0.25) is 0 Å². The Kier molecular flexibility index (Phi) is 4.42. The molecule has 0 radical (unpaired) electrons. The molecule has 0 bridgehead atoms. The molecule has 2 aromatic rings. The summed E-state index contributed by atoms with van der Waals surface area (Å²) in [5.41, 5.74) is 7.69. The molecule has 0 amide bonds. The zero-order chi connectivity index (χ0) is 14.6. The molecule has 0 unspecified atom stereocenters. The number of sulfone groups is 1. The highest BCUT2D eigenvalue weighted by Crippen LogP contribution is 2.19. The Morgan fingerprint density at radius 2 is 1.75 bits per heavy atom. The van der Waals surface area contributed by atoms with Crippen LogP contribution < -0.4 is 10.5 Å². The number of hydrogen-bond donors (Lipinski definition) is 1. The second kappa shape index (κ2) is 6.07. The van der Waals surface area contributed by atoms with Gasteiger partial charge in [-0.05, 0) is 29.3 Å². The number of hydrogen-bond acceptors (Lipinski definition) is 4. The van der Waals surface area contributed by atoms with Crippen molar-refractivity contribution in [3.05, 3.63) is 59.7 Å². The standard InChI is InChI=1S/C15H17NO3S/c1-20(17,18)15-8-4-7-14(9-15)19-11-13-6-3-2-5-12(13)10-16/h2-9H,10-11,16H2,1H3. The molecule has 0 saturated carbocycles. The first-order chi connectivity index (χ1) is 9.50. The fourth-order valence-electron chi connectivity index (χ4n) is 1.85. The molecule has 0 fully saturated rings. The summed E-state index contributed by atoms with van der Waals surface area (Å²) in [5, 5.41) is 0. The smallest absolute Gasteiger partial charge is 0.175 e. The lowest BCUT2D eigenvalue weighted by Gasteiger charge is -2.10. The molecule has 2 rings (SSSR count). The van der Waals surface area contributed by atoms with Crippen molar-refractivity contribution >= 4 is 9.84 Å². The van der Waals surface area contributed by atoms with E-state index in [0.717, 1.165) is 11.1 Å². The van der Waals surface area contributed by atoms with Gasteiger partial charge < -0.3 is 10.5 Å². The lowest BCUT2D eigenvalue weighted by molar-refractivity contribution is 0.304. The van der Waals surface area contributed by atoms with Gasteiger partial charge in [0.2, 0.25) is 0 Å². The van der Waals surface area contributed by atoms with Gasteiger partial charge >= 0.3 is 0 Å². The predicted octanol–water partition coefficient (Wildman–Crippen LogP) is 2.13. The predicted molar refractivity (Wildman–Crippen MR) is 78.2 cm³/mol. The molecule has 0 aliphatic carbocycles. The Hall–Kier alpha value is -1.85. The summed E-state index contributed by atoms with van der Waals surface area (Å²) in [6, 6.07) is 14.2. The van der Waals surface area contributed by atoms with E-state index in [1.165, 1.54) is 12.3 Å². The van der Waals surface area contributed by atoms with E-state index in [0.29, 0.717) is 18.9 Å². The van der Waals surface area contributed by atoms with Crippen molar-refractivity contribution in [1.29, 1.82) is 0 Å². The molecule has 20 heavy (non-hydrogen) atoms. The maximum Gasteiger partial charge on any atom is 0.175 e. The van der Waals surface area contributed by atoms with Crippen LogP contribution in [0, 0.1) is 0 Å². The highest BCUT2D eigenvalue weighted by Gasteiger charge is 2.08.